The normalized spacial score (nSPS) is 10.2. The van der Waals surface area contributed by atoms with Crippen LogP contribution in [-0.2, 0) is 17.6 Å². The lowest BCUT2D eigenvalue weighted by molar-refractivity contribution is 0.0599. The first kappa shape index (κ1) is 13.3. The van der Waals surface area contributed by atoms with E-state index in [1.807, 2.05) is 30.3 Å². The fourth-order valence-corrected chi connectivity index (χ4v) is 2.00. The van der Waals surface area contributed by atoms with E-state index in [0.29, 0.717) is 17.5 Å². The Morgan fingerprint density at radius 2 is 1.84 bits per heavy atom. The van der Waals surface area contributed by atoms with Gasteiger partial charge in [-0.25, -0.2) is 9.18 Å². The zero-order valence-electron chi connectivity index (χ0n) is 10.7. The summed E-state index contributed by atoms with van der Waals surface area (Å²) in [6, 6.07) is 14.0. The van der Waals surface area contributed by atoms with Crippen LogP contribution in [0.3, 0.4) is 0 Å². The molecule has 2 aromatic carbocycles. The molecule has 0 N–H and O–H groups in total. The topological polar surface area (TPSA) is 26.3 Å². The summed E-state index contributed by atoms with van der Waals surface area (Å²) >= 11 is 0. The molecule has 2 rings (SSSR count). The third kappa shape index (κ3) is 3.41. The molecule has 0 fully saturated rings. The summed E-state index contributed by atoms with van der Waals surface area (Å²) in [5.74, 6) is -0.765. The number of benzene rings is 2. The maximum Gasteiger partial charge on any atom is 0.338 e. The van der Waals surface area contributed by atoms with E-state index in [9.17, 15) is 9.18 Å². The monoisotopic (exact) mass is 258 g/mol. The molecule has 0 saturated carbocycles. The van der Waals surface area contributed by atoms with Gasteiger partial charge in [0.1, 0.15) is 5.82 Å². The minimum Gasteiger partial charge on any atom is -0.465 e. The molecule has 0 heterocycles. The molecule has 2 aromatic rings. The van der Waals surface area contributed by atoms with Crippen molar-refractivity contribution >= 4 is 5.97 Å². The predicted molar refractivity (Wildman–Crippen MR) is 71.6 cm³/mol. The lowest BCUT2D eigenvalue weighted by Gasteiger charge is -2.08. The van der Waals surface area contributed by atoms with Crippen molar-refractivity contribution in [2.24, 2.45) is 0 Å². The number of rotatable bonds is 4. The second-order valence-electron chi connectivity index (χ2n) is 4.28. The maximum atomic E-state index is 13.3. The van der Waals surface area contributed by atoms with Crippen LogP contribution in [0.1, 0.15) is 21.5 Å². The molecule has 0 radical (unpaired) electrons. The van der Waals surface area contributed by atoms with Gasteiger partial charge in [-0.15, -0.1) is 0 Å². The van der Waals surface area contributed by atoms with Crippen molar-refractivity contribution in [1.29, 1.82) is 0 Å². The Kier molecular flexibility index (Phi) is 4.29. The fourth-order valence-electron chi connectivity index (χ4n) is 2.00. The van der Waals surface area contributed by atoms with Crippen molar-refractivity contribution in [2.75, 3.05) is 7.11 Å². The zero-order chi connectivity index (χ0) is 13.7. The van der Waals surface area contributed by atoms with Gasteiger partial charge in [-0.3, -0.25) is 0 Å². The number of carbonyl (C=O) groups is 1. The Balaban J connectivity index is 2.19. The van der Waals surface area contributed by atoms with Crippen LogP contribution < -0.4 is 0 Å². The lowest BCUT2D eigenvalue weighted by Crippen LogP contribution is -2.07. The summed E-state index contributed by atoms with van der Waals surface area (Å²) in [4.78, 5) is 11.6. The second-order valence-corrected chi connectivity index (χ2v) is 4.28. The molecule has 0 amide bonds. The zero-order valence-corrected chi connectivity index (χ0v) is 10.7. The molecule has 0 spiro atoms. The highest BCUT2D eigenvalue weighted by atomic mass is 19.1. The third-order valence-corrected chi connectivity index (χ3v) is 3.00. The van der Waals surface area contributed by atoms with Crippen LogP contribution in [-0.4, -0.2) is 13.1 Å². The highest BCUT2D eigenvalue weighted by Gasteiger charge is 2.12. The molecule has 0 aromatic heterocycles. The Labute approximate surface area is 111 Å². The number of ether oxygens (including phenoxy) is 1. The average Bonchev–Trinajstić information content (AvgIpc) is 2.45. The number of methoxy groups -OCH3 is 1. The number of aryl methyl sites for hydroxylation is 2. The molecule has 0 bridgehead atoms. The predicted octanol–water partition coefficient (Wildman–Crippen LogP) is 3.40. The van der Waals surface area contributed by atoms with Crippen LogP contribution in [0.25, 0.3) is 0 Å². The highest BCUT2D eigenvalue weighted by Crippen LogP contribution is 2.15. The molecule has 98 valence electrons. The Morgan fingerprint density at radius 1 is 1.11 bits per heavy atom. The molecule has 0 saturated heterocycles. The number of hydrogen-bond acceptors (Lipinski definition) is 2. The largest absolute Gasteiger partial charge is 0.465 e. The van der Waals surface area contributed by atoms with Crippen LogP contribution in [0.15, 0.2) is 48.5 Å². The number of halogens is 1. The van der Waals surface area contributed by atoms with Gasteiger partial charge in [0, 0.05) is 0 Å². The molecule has 0 atom stereocenters. The summed E-state index contributed by atoms with van der Waals surface area (Å²) in [5, 5.41) is 0. The van der Waals surface area contributed by atoms with Crippen molar-refractivity contribution in [3.05, 3.63) is 71.0 Å². The van der Waals surface area contributed by atoms with Crippen molar-refractivity contribution in [3.8, 4) is 0 Å². The summed E-state index contributed by atoms with van der Waals surface area (Å²) in [7, 11) is 1.33. The Bertz CT molecular complexity index is 564. The van der Waals surface area contributed by atoms with Crippen LogP contribution in [0, 0.1) is 5.82 Å². The van der Waals surface area contributed by atoms with Crippen molar-refractivity contribution in [2.45, 2.75) is 12.8 Å². The van der Waals surface area contributed by atoms with E-state index in [1.165, 1.54) is 25.3 Å². The summed E-state index contributed by atoms with van der Waals surface area (Å²) in [6.45, 7) is 0. The van der Waals surface area contributed by atoms with E-state index in [1.54, 1.807) is 0 Å². The van der Waals surface area contributed by atoms with Crippen LogP contribution in [0.5, 0.6) is 0 Å². The van der Waals surface area contributed by atoms with Gasteiger partial charge in [-0.1, -0.05) is 30.3 Å². The minimum atomic E-state index is -0.428. The van der Waals surface area contributed by atoms with E-state index in [-0.39, 0.29) is 5.82 Å². The molecule has 19 heavy (non-hydrogen) atoms. The van der Waals surface area contributed by atoms with Crippen LogP contribution in [0.2, 0.25) is 0 Å². The average molecular weight is 258 g/mol. The first-order valence-electron chi connectivity index (χ1n) is 6.11. The van der Waals surface area contributed by atoms with Gasteiger partial charge in [0.05, 0.1) is 12.7 Å². The van der Waals surface area contributed by atoms with Crippen molar-refractivity contribution in [3.63, 3.8) is 0 Å². The standard InChI is InChI=1S/C16H15FO2/c1-19-16(18)15-10-9-14(17)11-13(15)8-7-12-5-3-2-4-6-12/h2-6,9-11H,7-8H2,1H3. The van der Waals surface area contributed by atoms with Gasteiger partial charge in [0.25, 0.3) is 0 Å². The SMILES string of the molecule is COC(=O)c1ccc(F)cc1CCc1ccccc1. The minimum absolute atomic E-state index is 0.337. The van der Waals surface area contributed by atoms with Gasteiger partial charge >= 0.3 is 5.97 Å². The van der Waals surface area contributed by atoms with Gasteiger partial charge < -0.3 is 4.74 Å². The fraction of sp³-hybridized carbons (Fsp3) is 0.188. The molecule has 0 aliphatic rings. The Morgan fingerprint density at radius 3 is 2.53 bits per heavy atom. The Hall–Kier alpha value is -2.16. The van der Waals surface area contributed by atoms with Crippen LogP contribution in [0.4, 0.5) is 4.39 Å². The quantitative estimate of drug-likeness (QED) is 0.786. The third-order valence-electron chi connectivity index (χ3n) is 3.00. The number of carbonyl (C=O) groups excluding carboxylic acids is 1. The first-order chi connectivity index (χ1) is 9.20. The summed E-state index contributed by atoms with van der Waals surface area (Å²) < 4.78 is 18.0. The summed E-state index contributed by atoms with van der Waals surface area (Å²) in [6.07, 6.45) is 1.36. The second kappa shape index (κ2) is 6.14. The molecule has 0 unspecified atom stereocenters. The smallest absolute Gasteiger partial charge is 0.338 e. The number of esters is 1. The lowest BCUT2D eigenvalue weighted by atomic mass is 9.99. The molecular formula is C16H15FO2. The first-order valence-corrected chi connectivity index (χ1v) is 6.11. The molecule has 3 heteroatoms. The molecule has 2 nitrogen and oxygen atoms in total. The maximum absolute atomic E-state index is 13.3. The van der Waals surface area contributed by atoms with E-state index < -0.39 is 5.97 Å². The van der Waals surface area contributed by atoms with Gasteiger partial charge in [-0.05, 0) is 42.2 Å². The summed E-state index contributed by atoms with van der Waals surface area (Å²) in [5.41, 5.74) is 2.26. The van der Waals surface area contributed by atoms with E-state index >= 15 is 0 Å². The highest BCUT2D eigenvalue weighted by molar-refractivity contribution is 5.91. The van der Waals surface area contributed by atoms with E-state index in [4.69, 9.17) is 4.74 Å². The van der Waals surface area contributed by atoms with E-state index in [0.717, 1.165) is 12.0 Å². The van der Waals surface area contributed by atoms with E-state index in [2.05, 4.69) is 0 Å². The van der Waals surface area contributed by atoms with Crippen molar-refractivity contribution in [1.82, 2.24) is 0 Å². The molecule has 0 aliphatic carbocycles. The van der Waals surface area contributed by atoms with Gasteiger partial charge in [0.15, 0.2) is 0 Å². The van der Waals surface area contributed by atoms with Crippen molar-refractivity contribution < 1.29 is 13.9 Å². The molecule has 0 aliphatic heterocycles. The van der Waals surface area contributed by atoms with Gasteiger partial charge in [-0.2, -0.15) is 0 Å². The molecular weight excluding hydrogens is 243 g/mol. The van der Waals surface area contributed by atoms with Gasteiger partial charge in [0.2, 0.25) is 0 Å². The van der Waals surface area contributed by atoms with Crippen LogP contribution >= 0.6 is 0 Å². The number of hydrogen-bond donors (Lipinski definition) is 0.